The highest BCUT2D eigenvalue weighted by molar-refractivity contribution is 5.14. The number of hydrogen-bond acceptors (Lipinski definition) is 1. The zero-order valence-electron chi connectivity index (χ0n) is 11.2. The van der Waals surface area contributed by atoms with Crippen molar-refractivity contribution in [1.29, 1.82) is 0 Å². The maximum absolute atomic E-state index is 2.65. The molecular weight excluding hydrogens is 206 g/mol. The number of rotatable bonds is 4. The van der Waals surface area contributed by atoms with Crippen molar-refractivity contribution in [2.24, 2.45) is 11.8 Å². The fourth-order valence-corrected chi connectivity index (χ4v) is 2.99. The van der Waals surface area contributed by atoms with Crippen LogP contribution in [0.25, 0.3) is 0 Å². The minimum absolute atomic E-state index is 0.914. The molecule has 2 atom stereocenters. The van der Waals surface area contributed by atoms with Gasteiger partial charge in [0.15, 0.2) is 0 Å². The van der Waals surface area contributed by atoms with Crippen molar-refractivity contribution in [3.63, 3.8) is 0 Å². The lowest BCUT2D eigenvalue weighted by atomic mass is 9.86. The quantitative estimate of drug-likeness (QED) is 0.758. The van der Waals surface area contributed by atoms with Gasteiger partial charge in [0, 0.05) is 19.6 Å². The molecule has 1 aromatic rings. The lowest BCUT2D eigenvalue weighted by Gasteiger charge is -2.37. The van der Waals surface area contributed by atoms with Gasteiger partial charge in [-0.15, -0.1) is 0 Å². The van der Waals surface area contributed by atoms with Crippen molar-refractivity contribution in [2.45, 2.75) is 39.7 Å². The first-order valence-corrected chi connectivity index (χ1v) is 7.08. The van der Waals surface area contributed by atoms with E-state index in [0.717, 1.165) is 18.4 Å². The molecule has 0 N–H and O–H groups in total. The van der Waals surface area contributed by atoms with Crippen LogP contribution in [0.4, 0.5) is 0 Å². The maximum Gasteiger partial charge on any atom is 0.0233 e. The molecule has 94 valence electrons. The minimum Gasteiger partial charge on any atom is -0.299 e. The predicted octanol–water partition coefficient (Wildman–Crippen LogP) is 3.94. The fraction of sp³-hybridized carbons (Fsp3) is 0.625. The summed E-state index contributed by atoms with van der Waals surface area (Å²) in [5.74, 6) is 1.83. The molecule has 1 aromatic carbocycles. The summed E-state index contributed by atoms with van der Waals surface area (Å²) in [6, 6.07) is 10.9. The smallest absolute Gasteiger partial charge is 0.0233 e. The molecule has 0 aliphatic carbocycles. The van der Waals surface area contributed by atoms with Crippen LogP contribution in [0.15, 0.2) is 30.3 Å². The lowest BCUT2D eigenvalue weighted by molar-refractivity contribution is 0.113. The second kappa shape index (κ2) is 6.20. The van der Waals surface area contributed by atoms with E-state index in [1.165, 1.54) is 37.9 Å². The Balaban J connectivity index is 1.95. The van der Waals surface area contributed by atoms with Gasteiger partial charge in [0.1, 0.15) is 0 Å². The first-order valence-electron chi connectivity index (χ1n) is 7.08. The molecule has 0 spiro atoms. The van der Waals surface area contributed by atoms with Crippen LogP contribution in [0, 0.1) is 11.8 Å². The van der Waals surface area contributed by atoms with E-state index in [0.29, 0.717) is 0 Å². The van der Waals surface area contributed by atoms with Gasteiger partial charge >= 0.3 is 0 Å². The van der Waals surface area contributed by atoms with E-state index in [9.17, 15) is 0 Å². The Morgan fingerprint density at radius 3 is 2.12 bits per heavy atom. The third-order valence-corrected chi connectivity index (χ3v) is 4.10. The summed E-state index contributed by atoms with van der Waals surface area (Å²) in [6.07, 6.45) is 4.11. The molecule has 1 heterocycles. The number of piperidine rings is 1. The second-order valence-electron chi connectivity index (χ2n) is 5.46. The van der Waals surface area contributed by atoms with Gasteiger partial charge in [-0.05, 0) is 23.8 Å². The summed E-state index contributed by atoms with van der Waals surface area (Å²) in [7, 11) is 0. The Bertz CT molecular complexity index is 308. The molecule has 1 saturated heterocycles. The van der Waals surface area contributed by atoms with Crippen molar-refractivity contribution < 1.29 is 0 Å². The SMILES string of the molecule is CC[C@@H]1C[C@@H](CC)CN(Cc2ccccc2)C1. The van der Waals surface area contributed by atoms with Gasteiger partial charge in [0.2, 0.25) is 0 Å². The van der Waals surface area contributed by atoms with Crippen LogP contribution in [-0.4, -0.2) is 18.0 Å². The zero-order chi connectivity index (χ0) is 12.1. The third-order valence-electron chi connectivity index (χ3n) is 4.10. The molecule has 1 aliphatic heterocycles. The minimum atomic E-state index is 0.914. The van der Waals surface area contributed by atoms with Crippen molar-refractivity contribution in [3.8, 4) is 0 Å². The Labute approximate surface area is 106 Å². The molecule has 0 saturated carbocycles. The average molecular weight is 231 g/mol. The predicted molar refractivity (Wildman–Crippen MR) is 73.9 cm³/mol. The first kappa shape index (κ1) is 12.6. The molecule has 1 fully saturated rings. The molecule has 0 radical (unpaired) electrons. The summed E-state index contributed by atoms with van der Waals surface area (Å²) in [4.78, 5) is 2.65. The Hall–Kier alpha value is -0.820. The molecule has 1 heteroatoms. The average Bonchev–Trinajstić information content (AvgIpc) is 2.39. The van der Waals surface area contributed by atoms with Gasteiger partial charge in [0.25, 0.3) is 0 Å². The summed E-state index contributed by atoms with van der Waals surface area (Å²) in [5.41, 5.74) is 1.46. The molecule has 0 unspecified atom stereocenters. The highest BCUT2D eigenvalue weighted by Gasteiger charge is 2.24. The van der Waals surface area contributed by atoms with Crippen molar-refractivity contribution >= 4 is 0 Å². The van der Waals surface area contributed by atoms with Crippen molar-refractivity contribution in [2.75, 3.05) is 13.1 Å². The van der Waals surface area contributed by atoms with E-state index in [1.54, 1.807) is 0 Å². The topological polar surface area (TPSA) is 3.24 Å². The molecule has 0 amide bonds. The van der Waals surface area contributed by atoms with Crippen LogP contribution in [0.1, 0.15) is 38.7 Å². The Kier molecular flexibility index (Phi) is 4.61. The first-order chi connectivity index (χ1) is 8.31. The highest BCUT2D eigenvalue weighted by Crippen LogP contribution is 2.27. The van der Waals surface area contributed by atoms with Crippen molar-refractivity contribution in [1.82, 2.24) is 4.90 Å². The van der Waals surface area contributed by atoms with Gasteiger partial charge in [-0.3, -0.25) is 4.90 Å². The van der Waals surface area contributed by atoms with E-state index in [-0.39, 0.29) is 0 Å². The summed E-state index contributed by atoms with van der Waals surface area (Å²) >= 11 is 0. The van der Waals surface area contributed by atoms with E-state index in [1.807, 2.05) is 0 Å². The Morgan fingerprint density at radius 2 is 1.59 bits per heavy atom. The monoisotopic (exact) mass is 231 g/mol. The number of nitrogens with zero attached hydrogens (tertiary/aromatic N) is 1. The summed E-state index contributed by atoms with van der Waals surface area (Å²) < 4.78 is 0. The molecule has 1 aliphatic rings. The Morgan fingerprint density at radius 1 is 1.00 bits per heavy atom. The van der Waals surface area contributed by atoms with E-state index < -0.39 is 0 Å². The van der Waals surface area contributed by atoms with Gasteiger partial charge in [-0.2, -0.15) is 0 Å². The molecule has 0 aromatic heterocycles. The second-order valence-corrected chi connectivity index (χ2v) is 5.46. The van der Waals surface area contributed by atoms with Crippen LogP contribution in [0.2, 0.25) is 0 Å². The highest BCUT2D eigenvalue weighted by atomic mass is 15.1. The van der Waals surface area contributed by atoms with Crippen LogP contribution in [0.5, 0.6) is 0 Å². The zero-order valence-corrected chi connectivity index (χ0v) is 11.2. The summed E-state index contributed by atoms with van der Waals surface area (Å²) in [6.45, 7) is 8.39. The largest absolute Gasteiger partial charge is 0.299 e. The van der Waals surface area contributed by atoms with Crippen LogP contribution in [-0.2, 0) is 6.54 Å². The maximum atomic E-state index is 2.65. The molecule has 1 nitrogen and oxygen atoms in total. The lowest BCUT2D eigenvalue weighted by Crippen LogP contribution is -2.39. The van der Waals surface area contributed by atoms with Gasteiger partial charge in [-0.25, -0.2) is 0 Å². The van der Waals surface area contributed by atoms with Crippen molar-refractivity contribution in [3.05, 3.63) is 35.9 Å². The standard InChI is InChI=1S/C16H25N/c1-3-14-10-15(4-2)12-17(11-14)13-16-8-6-5-7-9-16/h5-9,14-15H,3-4,10-13H2,1-2H3/t14-,15-/m1/s1. The van der Waals surface area contributed by atoms with E-state index in [2.05, 4.69) is 49.1 Å². The van der Waals surface area contributed by atoms with E-state index >= 15 is 0 Å². The fourth-order valence-electron chi connectivity index (χ4n) is 2.99. The summed E-state index contributed by atoms with van der Waals surface area (Å²) in [5, 5.41) is 0. The van der Waals surface area contributed by atoms with Gasteiger partial charge < -0.3 is 0 Å². The van der Waals surface area contributed by atoms with Crippen LogP contribution in [0.3, 0.4) is 0 Å². The third kappa shape index (κ3) is 3.57. The number of benzene rings is 1. The molecule has 0 bridgehead atoms. The van der Waals surface area contributed by atoms with Crippen LogP contribution < -0.4 is 0 Å². The molecule has 2 rings (SSSR count). The molecule has 17 heavy (non-hydrogen) atoms. The number of hydrogen-bond donors (Lipinski definition) is 0. The molecular formula is C16H25N. The van der Waals surface area contributed by atoms with Gasteiger partial charge in [-0.1, -0.05) is 57.0 Å². The van der Waals surface area contributed by atoms with Gasteiger partial charge in [0.05, 0.1) is 0 Å². The van der Waals surface area contributed by atoms with E-state index in [4.69, 9.17) is 0 Å². The van der Waals surface area contributed by atoms with Crippen LogP contribution >= 0.6 is 0 Å². The number of likely N-dealkylation sites (tertiary alicyclic amines) is 1. The normalized spacial score (nSPS) is 26.0.